The third kappa shape index (κ3) is 2.91. The van der Waals surface area contributed by atoms with Crippen molar-refractivity contribution in [1.29, 1.82) is 0 Å². The zero-order chi connectivity index (χ0) is 20.7. The molecule has 0 spiro atoms. The van der Waals surface area contributed by atoms with Gasteiger partial charge in [-0.3, -0.25) is 0 Å². The molecule has 4 aromatic carbocycles. The molecule has 1 atom stereocenters. The van der Waals surface area contributed by atoms with Crippen LogP contribution in [-0.4, -0.2) is 5.97 Å². The Hall–Kier alpha value is -3.39. The van der Waals surface area contributed by atoms with Gasteiger partial charge in [0.1, 0.15) is 0 Å². The second kappa shape index (κ2) is 7.46. The van der Waals surface area contributed by atoms with Crippen molar-refractivity contribution < 1.29 is 9.53 Å². The predicted molar refractivity (Wildman–Crippen MR) is 122 cm³/mol. The van der Waals surface area contributed by atoms with Crippen LogP contribution in [0.1, 0.15) is 59.3 Å². The molecule has 0 heterocycles. The van der Waals surface area contributed by atoms with E-state index in [2.05, 4.69) is 50.2 Å². The number of fused-ring (bicyclic) bond motifs is 4. The normalized spacial score (nSPS) is 13.7. The van der Waals surface area contributed by atoms with E-state index in [9.17, 15) is 4.79 Å². The maximum absolute atomic E-state index is 13.4. The van der Waals surface area contributed by atoms with Gasteiger partial charge in [0.05, 0.1) is 5.56 Å². The minimum Gasteiger partial charge on any atom is -0.449 e. The summed E-state index contributed by atoms with van der Waals surface area (Å²) in [5, 5.41) is 2.09. The molecule has 0 radical (unpaired) electrons. The molecule has 148 valence electrons. The zero-order valence-corrected chi connectivity index (χ0v) is 17.3. The number of carbonyl (C=O) groups is 1. The number of hydrogen-bond donors (Lipinski definition) is 0. The SMILES string of the molecule is CCC(C)c1cccc2c(C(=O)OC3c4ccccc4-c4ccccc43)cccc12. The lowest BCUT2D eigenvalue weighted by atomic mass is 9.91. The average Bonchev–Trinajstić information content (AvgIpc) is 3.11. The minimum atomic E-state index is -0.377. The van der Waals surface area contributed by atoms with E-state index in [0.717, 1.165) is 39.4 Å². The molecule has 4 aromatic rings. The first-order valence-corrected chi connectivity index (χ1v) is 10.6. The molecule has 5 rings (SSSR count). The second-order valence-electron chi connectivity index (χ2n) is 8.02. The van der Waals surface area contributed by atoms with Crippen LogP contribution in [0.15, 0.2) is 84.9 Å². The van der Waals surface area contributed by atoms with E-state index in [1.165, 1.54) is 5.56 Å². The van der Waals surface area contributed by atoms with Crippen LogP contribution in [-0.2, 0) is 4.74 Å². The Labute approximate surface area is 177 Å². The molecule has 2 heteroatoms. The van der Waals surface area contributed by atoms with E-state index in [1.54, 1.807) is 0 Å². The highest BCUT2D eigenvalue weighted by Crippen LogP contribution is 2.45. The molecule has 0 fully saturated rings. The molecule has 0 amide bonds. The standard InChI is InChI=1S/C28H24O2/c1-3-18(2)19-14-8-16-23-20(19)15-9-17-26(23)28(29)30-27-24-12-6-4-10-21(24)22-11-5-7-13-25(22)27/h4-18,27H,3H2,1-2H3. The van der Waals surface area contributed by atoms with Crippen LogP contribution in [0.3, 0.4) is 0 Å². The first-order chi connectivity index (χ1) is 14.7. The predicted octanol–water partition coefficient (Wildman–Crippen LogP) is 7.28. The van der Waals surface area contributed by atoms with Crippen molar-refractivity contribution in [2.75, 3.05) is 0 Å². The molecule has 0 aromatic heterocycles. The Balaban J connectivity index is 1.56. The number of benzene rings is 4. The Morgan fingerprint density at radius 1 is 0.800 bits per heavy atom. The van der Waals surface area contributed by atoms with Gasteiger partial charge in [-0.15, -0.1) is 0 Å². The number of hydrogen-bond acceptors (Lipinski definition) is 2. The summed E-state index contributed by atoms with van der Waals surface area (Å²) in [5.74, 6) is 0.159. The molecule has 0 aliphatic heterocycles. The van der Waals surface area contributed by atoms with Gasteiger partial charge in [-0.1, -0.05) is 92.7 Å². The van der Waals surface area contributed by atoms with Gasteiger partial charge in [0, 0.05) is 11.1 Å². The molecule has 2 nitrogen and oxygen atoms in total. The summed E-state index contributed by atoms with van der Waals surface area (Å²) in [6.45, 7) is 4.42. The average molecular weight is 392 g/mol. The summed E-state index contributed by atoms with van der Waals surface area (Å²) in [6, 6.07) is 28.5. The van der Waals surface area contributed by atoms with Crippen molar-refractivity contribution in [3.63, 3.8) is 0 Å². The summed E-state index contributed by atoms with van der Waals surface area (Å²) in [6.07, 6.45) is 0.682. The van der Waals surface area contributed by atoms with Gasteiger partial charge in [0.15, 0.2) is 6.10 Å². The maximum Gasteiger partial charge on any atom is 0.339 e. The Bertz CT molecular complexity index is 1210. The van der Waals surface area contributed by atoms with Gasteiger partial charge < -0.3 is 4.74 Å². The lowest BCUT2D eigenvalue weighted by Crippen LogP contribution is -2.11. The summed E-state index contributed by atoms with van der Waals surface area (Å²) in [5.41, 5.74) is 6.28. The van der Waals surface area contributed by atoms with Crippen molar-refractivity contribution in [1.82, 2.24) is 0 Å². The third-order valence-corrected chi connectivity index (χ3v) is 6.32. The zero-order valence-electron chi connectivity index (χ0n) is 17.3. The fraction of sp³-hybridized carbons (Fsp3) is 0.179. The molecule has 30 heavy (non-hydrogen) atoms. The third-order valence-electron chi connectivity index (χ3n) is 6.32. The van der Waals surface area contributed by atoms with Crippen molar-refractivity contribution in [3.05, 3.63) is 107 Å². The quantitative estimate of drug-likeness (QED) is 0.341. The molecule has 0 saturated carbocycles. The van der Waals surface area contributed by atoms with Crippen LogP contribution in [0.25, 0.3) is 21.9 Å². The number of carbonyl (C=O) groups excluding carboxylic acids is 1. The lowest BCUT2D eigenvalue weighted by molar-refractivity contribution is 0.0388. The van der Waals surface area contributed by atoms with Gasteiger partial charge in [0.2, 0.25) is 0 Å². The van der Waals surface area contributed by atoms with Crippen molar-refractivity contribution in [3.8, 4) is 11.1 Å². The van der Waals surface area contributed by atoms with E-state index in [-0.39, 0.29) is 12.1 Å². The molecule has 0 N–H and O–H groups in total. The number of esters is 1. The van der Waals surface area contributed by atoms with Gasteiger partial charge in [0.25, 0.3) is 0 Å². The van der Waals surface area contributed by atoms with Crippen LogP contribution >= 0.6 is 0 Å². The molecular weight excluding hydrogens is 368 g/mol. The molecule has 0 bridgehead atoms. The van der Waals surface area contributed by atoms with Gasteiger partial charge >= 0.3 is 5.97 Å². The Morgan fingerprint density at radius 2 is 1.40 bits per heavy atom. The van der Waals surface area contributed by atoms with Crippen LogP contribution < -0.4 is 0 Å². The van der Waals surface area contributed by atoms with Crippen LogP contribution in [0, 0.1) is 0 Å². The maximum atomic E-state index is 13.4. The fourth-order valence-corrected chi connectivity index (χ4v) is 4.57. The minimum absolute atomic E-state index is 0.279. The highest BCUT2D eigenvalue weighted by molar-refractivity contribution is 6.05. The number of rotatable bonds is 4. The monoisotopic (exact) mass is 392 g/mol. The molecule has 1 aliphatic carbocycles. The van der Waals surface area contributed by atoms with E-state index in [1.807, 2.05) is 48.5 Å². The molecular formula is C28H24O2. The largest absolute Gasteiger partial charge is 0.449 e. The van der Waals surface area contributed by atoms with Crippen molar-refractivity contribution in [2.24, 2.45) is 0 Å². The van der Waals surface area contributed by atoms with Crippen molar-refractivity contribution >= 4 is 16.7 Å². The van der Waals surface area contributed by atoms with Crippen LogP contribution in [0.2, 0.25) is 0 Å². The molecule has 1 aliphatic rings. The topological polar surface area (TPSA) is 26.3 Å². The first-order valence-electron chi connectivity index (χ1n) is 10.6. The summed E-state index contributed by atoms with van der Waals surface area (Å²) >= 11 is 0. The number of ether oxygens (including phenoxy) is 1. The van der Waals surface area contributed by atoms with E-state index < -0.39 is 0 Å². The van der Waals surface area contributed by atoms with E-state index in [4.69, 9.17) is 4.74 Å². The van der Waals surface area contributed by atoms with Gasteiger partial charge in [-0.05, 0) is 45.9 Å². The van der Waals surface area contributed by atoms with E-state index >= 15 is 0 Å². The van der Waals surface area contributed by atoms with Crippen LogP contribution in [0.5, 0.6) is 0 Å². The van der Waals surface area contributed by atoms with Crippen LogP contribution in [0.4, 0.5) is 0 Å². The van der Waals surface area contributed by atoms with E-state index in [0.29, 0.717) is 11.5 Å². The fourth-order valence-electron chi connectivity index (χ4n) is 4.57. The van der Waals surface area contributed by atoms with Crippen molar-refractivity contribution in [2.45, 2.75) is 32.3 Å². The van der Waals surface area contributed by atoms with Gasteiger partial charge in [-0.25, -0.2) is 4.79 Å². The highest BCUT2D eigenvalue weighted by Gasteiger charge is 2.31. The summed E-state index contributed by atoms with van der Waals surface area (Å²) in [4.78, 5) is 13.4. The highest BCUT2D eigenvalue weighted by atomic mass is 16.5. The smallest absolute Gasteiger partial charge is 0.339 e. The molecule has 1 unspecified atom stereocenters. The molecule has 0 saturated heterocycles. The Morgan fingerprint density at radius 3 is 2.07 bits per heavy atom. The second-order valence-corrected chi connectivity index (χ2v) is 8.02. The lowest BCUT2D eigenvalue weighted by Gasteiger charge is -2.17. The summed E-state index contributed by atoms with van der Waals surface area (Å²) < 4.78 is 6.15. The summed E-state index contributed by atoms with van der Waals surface area (Å²) in [7, 11) is 0. The first kappa shape index (κ1) is 18.6. The van der Waals surface area contributed by atoms with Gasteiger partial charge in [-0.2, -0.15) is 0 Å². The Kier molecular flexibility index (Phi) is 4.63.